The van der Waals surface area contributed by atoms with Gasteiger partial charge < -0.3 is 5.32 Å². The number of aromatic nitrogens is 1. The number of nitrogens with one attached hydrogen (secondary N) is 1. The Morgan fingerprint density at radius 3 is 3.00 bits per heavy atom. The van der Waals surface area contributed by atoms with Crippen molar-refractivity contribution in [3.8, 4) is 0 Å². The van der Waals surface area contributed by atoms with Crippen molar-refractivity contribution in [2.24, 2.45) is 5.92 Å². The quantitative estimate of drug-likeness (QED) is 0.840. The standard InChI is InChI=1S/C13H17ClN2O/c1-9-5-6-11(8-15-9)13(17)16-12-4-2-3-10(12)7-14/h5-6,8,10,12H,2-4,7H2,1H3,(H,16,17). The molecule has 1 aromatic heterocycles. The number of halogens is 1. The third kappa shape index (κ3) is 2.97. The maximum Gasteiger partial charge on any atom is 0.253 e. The Morgan fingerprint density at radius 1 is 1.53 bits per heavy atom. The van der Waals surface area contributed by atoms with Crippen LogP contribution < -0.4 is 5.32 Å². The first kappa shape index (κ1) is 12.4. The summed E-state index contributed by atoms with van der Waals surface area (Å²) in [7, 11) is 0. The molecular weight excluding hydrogens is 236 g/mol. The van der Waals surface area contributed by atoms with E-state index in [9.17, 15) is 4.79 Å². The summed E-state index contributed by atoms with van der Waals surface area (Å²) in [6.45, 7) is 1.90. The molecule has 1 aliphatic rings. The molecule has 0 aliphatic heterocycles. The number of nitrogens with zero attached hydrogens (tertiary/aromatic N) is 1. The van der Waals surface area contributed by atoms with Gasteiger partial charge in [0.1, 0.15) is 0 Å². The van der Waals surface area contributed by atoms with Crippen LogP contribution in [0.15, 0.2) is 18.3 Å². The molecule has 2 rings (SSSR count). The van der Waals surface area contributed by atoms with Crippen LogP contribution in [0.2, 0.25) is 0 Å². The molecule has 0 spiro atoms. The normalized spacial score (nSPS) is 23.6. The fraction of sp³-hybridized carbons (Fsp3) is 0.538. The van der Waals surface area contributed by atoms with Gasteiger partial charge in [-0.15, -0.1) is 11.6 Å². The van der Waals surface area contributed by atoms with Gasteiger partial charge in [-0.2, -0.15) is 0 Å². The summed E-state index contributed by atoms with van der Waals surface area (Å²) in [5.74, 6) is 0.996. The molecule has 1 amide bonds. The van der Waals surface area contributed by atoms with Crippen molar-refractivity contribution in [1.29, 1.82) is 0 Å². The third-order valence-electron chi connectivity index (χ3n) is 3.35. The Bertz CT molecular complexity index is 391. The predicted molar refractivity (Wildman–Crippen MR) is 68.3 cm³/mol. The van der Waals surface area contributed by atoms with Gasteiger partial charge in [-0.05, 0) is 37.8 Å². The Balaban J connectivity index is 1.99. The monoisotopic (exact) mass is 252 g/mol. The highest BCUT2D eigenvalue weighted by molar-refractivity contribution is 6.18. The zero-order chi connectivity index (χ0) is 12.3. The largest absolute Gasteiger partial charge is 0.349 e. The van der Waals surface area contributed by atoms with Gasteiger partial charge >= 0.3 is 0 Å². The molecule has 1 heterocycles. The number of carbonyl (C=O) groups is 1. The smallest absolute Gasteiger partial charge is 0.253 e. The molecule has 2 atom stereocenters. The first-order valence-corrected chi connectivity index (χ1v) is 6.53. The molecule has 1 saturated carbocycles. The molecule has 3 nitrogen and oxygen atoms in total. The first-order chi connectivity index (χ1) is 8.20. The van der Waals surface area contributed by atoms with Gasteiger partial charge in [0.15, 0.2) is 0 Å². The minimum absolute atomic E-state index is 0.0421. The van der Waals surface area contributed by atoms with Crippen LogP contribution in [0.25, 0.3) is 0 Å². The topological polar surface area (TPSA) is 42.0 Å². The van der Waals surface area contributed by atoms with Crippen molar-refractivity contribution >= 4 is 17.5 Å². The lowest BCUT2D eigenvalue weighted by Crippen LogP contribution is -2.38. The van der Waals surface area contributed by atoms with Crippen LogP contribution in [0.5, 0.6) is 0 Å². The highest BCUT2D eigenvalue weighted by Gasteiger charge is 2.27. The second kappa shape index (κ2) is 5.50. The van der Waals surface area contributed by atoms with Crippen molar-refractivity contribution < 1.29 is 4.79 Å². The molecule has 4 heteroatoms. The molecule has 0 aromatic carbocycles. The maximum absolute atomic E-state index is 12.0. The molecule has 0 radical (unpaired) electrons. The molecule has 1 fully saturated rings. The van der Waals surface area contributed by atoms with E-state index in [0.717, 1.165) is 25.0 Å². The second-order valence-corrected chi connectivity index (χ2v) is 4.92. The van der Waals surface area contributed by atoms with Gasteiger partial charge in [-0.25, -0.2) is 0 Å². The second-order valence-electron chi connectivity index (χ2n) is 4.61. The SMILES string of the molecule is Cc1ccc(C(=O)NC2CCCC2CCl)cn1. The fourth-order valence-corrected chi connectivity index (χ4v) is 2.63. The van der Waals surface area contributed by atoms with Crippen molar-refractivity contribution in [2.75, 3.05) is 5.88 Å². The summed E-state index contributed by atoms with van der Waals surface area (Å²) in [5.41, 5.74) is 1.54. The summed E-state index contributed by atoms with van der Waals surface area (Å²) < 4.78 is 0. The third-order valence-corrected chi connectivity index (χ3v) is 3.74. The first-order valence-electron chi connectivity index (χ1n) is 6.00. The number of aryl methyl sites for hydroxylation is 1. The lowest BCUT2D eigenvalue weighted by molar-refractivity contribution is 0.0929. The molecule has 17 heavy (non-hydrogen) atoms. The summed E-state index contributed by atoms with van der Waals surface area (Å²) in [6, 6.07) is 3.88. The summed E-state index contributed by atoms with van der Waals surface area (Å²) in [6.07, 6.45) is 4.91. The van der Waals surface area contributed by atoms with Crippen LogP contribution in [0.1, 0.15) is 35.3 Å². The van der Waals surface area contributed by atoms with Crippen LogP contribution in [-0.2, 0) is 0 Å². The minimum Gasteiger partial charge on any atom is -0.349 e. The molecule has 2 unspecified atom stereocenters. The fourth-order valence-electron chi connectivity index (χ4n) is 2.27. The molecule has 92 valence electrons. The Labute approximate surface area is 107 Å². The Morgan fingerprint density at radius 2 is 2.35 bits per heavy atom. The van der Waals surface area contributed by atoms with Gasteiger partial charge in [0, 0.05) is 23.8 Å². The summed E-state index contributed by atoms with van der Waals surface area (Å²) in [4.78, 5) is 16.1. The number of rotatable bonds is 3. The molecule has 1 aliphatic carbocycles. The van der Waals surface area contributed by atoms with Crippen LogP contribution in [0.3, 0.4) is 0 Å². The number of alkyl halides is 1. The summed E-state index contributed by atoms with van der Waals surface area (Å²) >= 11 is 5.89. The van der Waals surface area contributed by atoms with E-state index >= 15 is 0 Å². The molecular formula is C13H17ClN2O. The lowest BCUT2D eigenvalue weighted by Gasteiger charge is -2.18. The van der Waals surface area contributed by atoms with E-state index in [0.29, 0.717) is 17.4 Å². The van der Waals surface area contributed by atoms with Gasteiger partial charge in [-0.3, -0.25) is 9.78 Å². The minimum atomic E-state index is -0.0421. The highest BCUT2D eigenvalue weighted by Crippen LogP contribution is 2.26. The van der Waals surface area contributed by atoms with E-state index in [4.69, 9.17) is 11.6 Å². The number of hydrogen-bond acceptors (Lipinski definition) is 2. The van der Waals surface area contributed by atoms with Crippen LogP contribution in [-0.4, -0.2) is 22.8 Å². The Hall–Kier alpha value is -1.09. The van der Waals surface area contributed by atoms with Crippen molar-refractivity contribution in [3.63, 3.8) is 0 Å². The van der Waals surface area contributed by atoms with Gasteiger partial charge in [0.25, 0.3) is 5.91 Å². The van der Waals surface area contributed by atoms with E-state index in [2.05, 4.69) is 10.3 Å². The molecule has 1 aromatic rings. The van der Waals surface area contributed by atoms with Crippen LogP contribution in [0, 0.1) is 12.8 Å². The number of pyridine rings is 1. The number of carbonyl (C=O) groups excluding carboxylic acids is 1. The maximum atomic E-state index is 12.0. The van der Waals surface area contributed by atoms with Crippen molar-refractivity contribution in [3.05, 3.63) is 29.6 Å². The molecule has 1 N–H and O–H groups in total. The summed E-state index contributed by atoms with van der Waals surface area (Å²) in [5, 5.41) is 3.05. The molecule has 0 saturated heterocycles. The van der Waals surface area contributed by atoms with Gasteiger partial charge in [0.2, 0.25) is 0 Å². The zero-order valence-corrected chi connectivity index (χ0v) is 10.7. The van der Waals surface area contributed by atoms with E-state index in [1.165, 1.54) is 0 Å². The lowest BCUT2D eigenvalue weighted by atomic mass is 10.1. The molecule has 0 bridgehead atoms. The zero-order valence-electron chi connectivity index (χ0n) is 9.95. The number of hydrogen-bond donors (Lipinski definition) is 1. The van der Waals surface area contributed by atoms with Crippen LogP contribution >= 0.6 is 11.6 Å². The van der Waals surface area contributed by atoms with E-state index in [1.54, 1.807) is 6.20 Å². The van der Waals surface area contributed by atoms with Gasteiger partial charge in [0.05, 0.1) is 5.56 Å². The highest BCUT2D eigenvalue weighted by atomic mass is 35.5. The van der Waals surface area contributed by atoms with E-state index < -0.39 is 0 Å². The van der Waals surface area contributed by atoms with Gasteiger partial charge in [-0.1, -0.05) is 6.42 Å². The Kier molecular flexibility index (Phi) is 4.00. The van der Waals surface area contributed by atoms with E-state index in [1.807, 2.05) is 19.1 Å². The average Bonchev–Trinajstić information content (AvgIpc) is 2.77. The van der Waals surface area contributed by atoms with E-state index in [-0.39, 0.29) is 11.9 Å². The van der Waals surface area contributed by atoms with Crippen LogP contribution in [0.4, 0.5) is 0 Å². The van der Waals surface area contributed by atoms with Crippen molar-refractivity contribution in [2.45, 2.75) is 32.2 Å². The number of amides is 1. The predicted octanol–water partition coefficient (Wildman–Crippen LogP) is 2.53. The van der Waals surface area contributed by atoms with Crippen molar-refractivity contribution in [1.82, 2.24) is 10.3 Å². The average molecular weight is 253 g/mol.